The molecule has 0 aromatic heterocycles. The minimum atomic E-state index is -0.611. The first-order chi connectivity index (χ1) is 13.1. The zero-order valence-electron chi connectivity index (χ0n) is 14.9. The number of amides is 2. The van der Waals surface area contributed by atoms with E-state index in [1.54, 1.807) is 29.2 Å². The summed E-state index contributed by atoms with van der Waals surface area (Å²) >= 11 is 0. The minimum Gasteiger partial charge on any atom is -0.481 e. The molecule has 0 radical (unpaired) electrons. The maximum atomic E-state index is 13.5. The van der Waals surface area contributed by atoms with Crippen molar-refractivity contribution in [1.29, 1.82) is 0 Å². The number of carbonyl (C=O) groups is 2. The first-order valence-corrected chi connectivity index (χ1v) is 9.26. The molecular weight excluding hydrogens is 347 g/mol. The molecule has 4 rings (SSSR count). The maximum absolute atomic E-state index is 13.5. The first kappa shape index (κ1) is 17.5. The Hall–Kier alpha value is -2.89. The number of ether oxygens (including phenoxy) is 1. The van der Waals surface area contributed by atoms with Crippen molar-refractivity contribution in [2.24, 2.45) is 0 Å². The van der Waals surface area contributed by atoms with Crippen LogP contribution in [-0.4, -0.2) is 31.0 Å². The van der Waals surface area contributed by atoms with Crippen LogP contribution in [0.25, 0.3) is 0 Å². The predicted molar refractivity (Wildman–Crippen MR) is 99.5 cm³/mol. The molecule has 140 valence electrons. The molecule has 2 aliphatic rings. The Morgan fingerprint density at radius 2 is 2.00 bits per heavy atom. The van der Waals surface area contributed by atoms with Crippen molar-refractivity contribution >= 4 is 17.5 Å². The van der Waals surface area contributed by atoms with Crippen molar-refractivity contribution in [2.75, 3.05) is 18.0 Å². The van der Waals surface area contributed by atoms with Crippen molar-refractivity contribution in [3.05, 3.63) is 59.4 Å². The van der Waals surface area contributed by atoms with Crippen molar-refractivity contribution in [3.63, 3.8) is 0 Å². The summed E-state index contributed by atoms with van der Waals surface area (Å²) in [5.41, 5.74) is 2.15. The van der Waals surface area contributed by atoms with E-state index in [1.165, 1.54) is 12.1 Å². The fourth-order valence-electron chi connectivity index (χ4n) is 3.66. The molecule has 0 saturated carbocycles. The average Bonchev–Trinajstić information content (AvgIpc) is 2.85. The van der Waals surface area contributed by atoms with Crippen LogP contribution in [0.5, 0.6) is 5.75 Å². The molecule has 0 bridgehead atoms. The number of rotatable bonds is 3. The quantitative estimate of drug-likeness (QED) is 0.906. The third-order valence-corrected chi connectivity index (χ3v) is 5.02. The Kier molecular flexibility index (Phi) is 4.79. The van der Waals surface area contributed by atoms with Gasteiger partial charge in [0.15, 0.2) is 6.10 Å². The van der Waals surface area contributed by atoms with Gasteiger partial charge < -0.3 is 15.0 Å². The summed E-state index contributed by atoms with van der Waals surface area (Å²) in [6.07, 6.45) is 2.44. The zero-order chi connectivity index (χ0) is 18.8. The van der Waals surface area contributed by atoms with Gasteiger partial charge in [-0.1, -0.05) is 6.07 Å². The summed E-state index contributed by atoms with van der Waals surface area (Å²) in [7, 11) is 0. The Bertz CT molecular complexity index is 883. The molecular formula is C21H21FN2O3. The van der Waals surface area contributed by atoms with Gasteiger partial charge in [-0.2, -0.15) is 0 Å². The van der Waals surface area contributed by atoms with Gasteiger partial charge in [-0.05, 0) is 67.6 Å². The molecule has 27 heavy (non-hydrogen) atoms. The summed E-state index contributed by atoms with van der Waals surface area (Å²) in [6, 6.07) is 11.4. The van der Waals surface area contributed by atoms with E-state index < -0.39 is 6.10 Å². The fraction of sp³-hybridized carbons (Fsp3) is 0.333. The summed E-state index contributed by atoms with van der Waals surface area (Å²) < 4.78 is 19.5. The molecule has 0 unspecified atom stereocenters. The third kappa shape index (κ3) is 3.65. The van der Waals surface area contributed by atoms with Gasteiger partial charge in [-0.25, -0.2) is 4.39 Å². The van der Waals surface area contributed by atoms with E-state index in [0.29, 0.717) is 36.5 Å². The molecule has 5 nitrogen and oxygen atoms in total. The van der Waals surface area contributed by atoms with Crippen LogP contribution in [0, 0.1) is 5.82 Å². The zero-order valence-corrected chi connectivity index (χ0v) is 14.9. The Morgan fingerprint density at radius 1 is 1.11 bits per heavy atom. The summed E-state index contributed by atoms with van der Waals surface area (Å²) in [4.78, 5) is 26.5. The van der Waals surface area contributed by atoms with Crippen LogP contribution >= 0.6 is 0 Å². The smallest absolute Gasteiger partial charge is 0.268 e. The van der Waals surface area contributed by atoms with Crippen LogP contribution in [-0.2, 0) is 11.2 Å². The van der Waals surface area contributed by atoms with Gasteiger partial charge in [0, 0.05) is 24.3 Å². The highest BCUT2D eigenvalue weighted by Gasteiger charge is 2.31. The number of fused-ring (bicyclic) bond motifs is 1. The molecule has 0 spiro atoms. The van der Waals surface area contributed by atoms with E-state index in [1.807, 2.05) is 6.07 Å². The van der Waals surface area contributed by atoms with Crippen molar-refractivity contribution in [3.8, 4) is 5.75 Å². The number of aryl methyl sites for hydroxylation is 1. The molecule has 1 atom stereocenters. The fourth-order valence-corrected chi connectivity index (χ4v) is 3.66. The summed E-state index contributed by atoms with van der Waals surface area (Å²) in [5.74, 6) is -0.0186. The van der Waals surface area contributed by atoms with E-state index in [0.717, 1.165) is 24.8 Å². The Labute approximate surface area is 157 Å². The third-order valence-electron chi connectivity index (χ3n) is 5.02. The molecule has 0 aliphatic carbocycles. The van der Waals surface area contributed by atoms with Gasteiger partial charge in [0.2, 0.25) is 0 Å². The number of hydrogen-bond donors (Lipinski definition) is 1. The number of carbonyl (C=O) groups excluding carboxylic acids is 2. The van der Waals surface area contributed by atoms with E-state index in [-0.39, 0.29) is 17.6 Å². The van der Waals surface area contributed by atoms with Crippen LogP contribution in [0.4, 0.5) is 10.1 Å². The lowest BCUT2D eigenvalue weighted by atomic mass is 10.0. The van der Waals surface area contributed by atoms with Crippen molar-refractivity contribution in [1.82, 2.24) is 5.32 Å². The van der Waals surface area contributed by atoms with Crippen molar-refractivity contribution < 1.29 is 18.7 Å². The van der Waals surface area contributed by atoms with Gasteiger partial charge in [-0.15, -0.1) is 0 Å². The number of hydrogen-bond acceptors (Lipinski definition) is 3. The van der Waals surface area contributed by atoms with Crippen LogP contribution in [0.15, 0.2) is 42.5 Å². The number of nitrogens with zero attached hydrogens (tertiary/aromatic N) is 1. The number of nitrogens with one attached hydrogen (secondary N) is 1. The Balaban J connectivity index is 1.53. The lowest BCUT2D eigenvalue weighted by Crippen LogP contribution is -2.47. The van der Waals surface area contributed by atoms with Gasteiger partial charge in [0.1, 0.15) is 11.6 Å². The lowest BCUT2D eigenvalue weighted by Gasteiger charge is -2.32. The van der Waals surface area contributed by atoms with Gasteiger partial charge >= 0.3 is 0 Å². The standard InChI is InChI=1S/C21H21FN2O3/c22-15-5-1-6-16(13-15)24-11-3-7-19(21(24)26)27-17-8-9-18-14(12-17)4-2-10-23-20(18)25/h1,5-6,8-9,12-13,19H,2-4,7,10-11H2,(H,23,25)/t19-/m0/s1. The largest absolute Gasteiger partial charge is 0.481 e. The van der Waals surface area contributed by atoms with E-state index in [2.05, 4.69) is 5.32 Å². The van der Waals surface area contributed by atoms with Crippen LogP contribution in [0.2, 0.25) is 0 Å². The lowest BCUT2D eigenvalue weighted by molar-refractivity contribution is -0.126. The van der Waals surface area contributed by atoms with E-state index >= 15 is 0 Å². The van der Waals surface area contributed by atoms with E-state index in [9.17, 15) is 14.0 Å². The SMILES string of the molecule is O=C1NCCCc2cc(O[C@H]3CCCN(c4cccc(F)c4)C3=O)ccc21. The number of halogens is 1. The minimum absolute atomic E-state index is 0.0694. The van der Waals surface area contributed by atoms with Crippen LogP contribution in [0.1, 0.15) is 35.2 Å². The molecule has 2 aromatic carbocycles. The molecule has 2 aromatic rings. The molecule has 1 fully saturated rings. The van der Waals surface area contributed by atoms with Crippen molar-refractivity contribution in [2.45, 2.75) is 31.8 Å². The van der Waals surface area contributed by atoms with Crippen LogP contribution in [0.3, 0.4) is 0 Å². The van der Waals surface area contributed by atoms with Gasteiger partial charge in [0.05, 0.1) is 0 Å². The molecule has 2 heterocycles. The second kappa shape index (κ2) is 7.39. The number of piperidine rings is 1. The van der Waals surface area contributed by atoms with E-state index in [4.69, 9.17) is 4.74 Å². The predicted octanol–water partition coefficient (Wildman–Crippen LogP) is 3.08. The molecule has 2 aliphatic heterocycles. The highest BCUT2D eigenvalue weighted by atomic mass is 19.1. The second-order valence-electron chi connectivity index (χ2n) is 6.90. The molecule has 2 amide bonds. The molecule has 6 heteroatoms. The summed E-state index contributed by atoms with van der Waals surface area (Å²) in [6.45, 7) is 1.21. The monoisotopic (exact) mass is 368 g/mol. The number of benzene rings is 2. The van der Waals surface area contributed by atoms with Crippen LogP contribution < -0.4 is 15.0 Å². The molecule has 1 saturated heterocycles. The Morgan fingerprint density at radius 3 is 2.85 bits per heavy atom. The van der Waals surface area contributed by atoms with Gasteiger partial charge in [0.25, 0.3) is 11.8 Å². The average molecular weight is 368 g/mol. The number of anilines is 1. The molecule has 1 N–H and O–H groups in total. The summed E-state index contributed by atoms with van der Waals surface area (Å²) in [5, 5.41) is 2.87. The first-order valence-electron chi connectivity index (χ1n) is 9.26. The second-order valence-corrected chi connectivity index (χ2v) is 6.90. The normalized spacial score (nSPS) is 19.9. The topological polar surface area (TPSA) is 58.6 Å². The highest BCUT2D eigenvalue weighted by Crippen LogP contribution is 2.27. The van der Waals surface area contributed by atoms with Gasteiger partial charge in [-0.3, -0.25) is 9.59 Å². The highest BCUT2D eigenvalue weighted by molar-refractivity contribution is 5.98. The maximum Gasteiger partial charge on any atom is 0.268 e.